The van der Waals surface area contributed by atoms with Gasteiger partial charge in [-0.05, 0) is 30.3 Å². The monoisotopic (exact) mass is 283 g/mol. The van der Waals surface area contributed by atoms with Crippen LogP contribution in [0.25, 0.3) is 17.1 Å². The van der Waals surface area contributed by atoms with Gasteiger partial charge >= 0.3 is 5.97 Å². The summed E-state index contributed by atoms with van der Waals surface area (Å²) < 4.78 is 6.65. The Kier molecular flexibility index (Phi) is 3.07. The molecule has 2 aromatic heterocycles. The summed E-state index contributed by atoms with van der Waals surface area (Å²) in [4.78, 5) is 22.1. The highest BCUT2D eigenvalue weighted by molar-refractivity contribution is 5.88. The number of aromatic nitrogens is 3. The van der Waals surface area contributed by atoms with Crippen molar-refractivity contribution in [3.63, 3.8) is 0 Å². The van der Waals surface area contributed by atoms with E-state index in [2.05, 4.69) is 10.3 Å². The third kappa shape index (κ3) is 2.20. The van der Waals surface area contributed by atoms with E-state index in [1.807, 2.05) is 0 Å². The van der Waals surface area contributed by atoms with Gasteiger partial charge in [0.1, 0.15) is 5.69 Å². The number of aldehydes is 1. The van der Waals surface area contributed by atoms with Crippen LogP contribution < -0.4 is 0 Å². The van der Waals surface area contributed by atoms with Gasteiger partial charge in [0.15, 0.2) is 17.7 Å². The molecule has 1 N–H and O–H groups in total. The van der Waals surface area contributed by atoms with Crippen molar-refractivity contribution in [2.45, 2.75) is 0 Å². The number of carboxylic acid groups (broad SMARTS) is 1. The molecular formula is C14H9N3O4. The second kappa shape index (κ2) is 5.04. The molecule has 2 heterocycles. The molecule has 0 atom stereocenters. The number of aromatic carboxylic acids is 1. The standard InChI is InChI=1S/C14H9N3O4/c18-8-11-13(12-5-2-6-21-12)17(16-15-11)10-4-1-3-9(7-10)14(19)20/h1-8H,(H,19,20). The fraction of sp³-hybridized carbons (Fsp3) is 0. The summed E-state index contributed by atoms with van der Waals surface area (Å²) in [5.41, 5.74) is 1.08. The van der Waals surface area contributed by atoms with Crippen LogP contribution in [0.1, 0.15) is 20.8 Å². The van der Waals surface area contributed by atoms with E-state index in [0.717, 1.165) is 0 Å². The van der Waals surface area contributed by atoms with E-state index < -0.39 is 5.97 Å². The van der Waals surface area contributed by atoms with E-state index in [9.17, 15) is 9.59 Å². The molecular weight excluding hydrogens is 274 g/mol. The Balaban J connectivity index is 2.20. The summed E-state index contributed by atoms with van der Waals surface area (Å²) >= 11 is 0. The molecule has 0 unspecified atom stereocenters. The Labute approximate surface area is 118 Å². The topological polar surface area (TPSA) is 98.2 Å². The third-order valence-corrected chi connectivity index (χ3v) is 2.90. The maximum absolute atomic E-state index is 11.1. The van der Waals surface area contributed by atoms with Gasteiger partial charge in [-0.1, -0.05) is 11.3 Å². The van der Waals surface area contributed by atoms with Crippen molar-refractivity contribution in [2.75, 3.05) is 0 Å². The molecule has 3 aromatic rings. The molecule has 0 radical (unpaired) electrons. The largest absolute Gasteiger partial charge is 0.478 e. The minimum Gasteiger partial charge on any atom is -0.478 e. The zero-order chi connectivity index (χ0) is 14.8. The summed E-state index contributed by atoms with van der Waals surface area (Å²) in [7, 11) is 0. The lowest BCUT2D eigenvalue weighted by molar-refractivity contribution is 0.0696. The molecule has 0 aliphatic heterocycles. The van der Waals surface area contributed by atoms with Gasteiger partial charge in [-0.2, -0.15) is 0 Å². The van der Waals surface area contributed by atoms with E-state index in [1.54, 1.807) is 24.3 Å². The first-order valence-electron chi connectivity index (χ1n) is 5.99. The smallest absolute Gasteiger partial charge is 0.335 e. The molecule has 0 saturated carbocycles. The van der Waals surface area contributed by atoms with Crippen LogP contribution in [-0.2, 0) is 0 Å². The molecule has 7 nitrogen and oxygen atoms in total. The lowest BCUT2D eigenvalue weighted by Crippen LogP contribution is -2.03. The number of carbonyl (C=O) groups excluding carboxylic acids is 1. The first-order valence-corrected chi connectivity index (χ1v) is 5.99. The van der Waals surface area contributed by atoms with Crippen molar-refractivity contribution in [3.8, 4) is 17.1 Å². The van der Waals surface area contributed by atoms with Crippen LogP contribution in [-0.4, -0.2) is 32.4 Å². The Morgan fingerprint density at radius 2 is 2.14 bits per heavy atom. The van der Waals surface area contributed by atoms with Crippen molar-refractivity contribution < 1.29 is 19.1 Å². The fourth-order valence-corrected chi connectivity index (χ4v) is 1.97. The molecule has 1 aromatic carbocycles. The molecule has 0 aliphatic carbocycles. The second-order valence-electron chi connectivity index (χ2n) is 4.19. The quantitative estimate of drug-likeness (QED) is 0.736. The first-order chi connectivity index (χ1) is 10.2. The summed E-state index contributed by atoms with van der Waals surface area (Å²) in [5, 5.41) is 16.7. The predicted octanol–water partition coefficient (Wildman–Crippen LogP) is 2.04. The normalized spacial score (nSPS) is 10.5. The van der Waals surface area contributed by atoms with Crippen molar-refractivity contribution >= 4 is 12.3 Å². The molecule has 0 saturated heterocycles. The Hall–Kier alpha value is -3.22. The highest BCUT2D eigenvalue weighted by Crippen LogP contribution is 2.25. The molecule has 0 fully saturated rings. The van der Waals surface area contributed by atoms with Gasteiger partial charge in [-0.15, -0.1) is 5.10 Å². The highest BCUT2D eigenvalue weighted by Gasteiger charge is 2.18. The van der Waals surface area contributed by atoms with E-state index in [4.69, 9.17) is 9.52 Å². The van der Waals surface area contributed by atoms with Crippen molar-refractivity contribution in [3.05, 3.63) is 53.9 Å². The van der Waals surface area contributed by atoms with Crippen LogP contribution >= 0.6 is 0 Å². The molecule has 3 rings (SSSR count). The minimum atomic E-state index is -1.05. The minimum absolute atomic E-state index is 0.112. The molecule has 0 spiro atoms. The number of benzene rings is 1. The number of rotatable bonds is 4. The maximum atomic E-state index is 11.1. The van der Waals surface area contributed by atoms with E-state index in [1.165, 1.54) is 23.1 Å². The number of carbonyl (C=O) groups is 2. The summed E-state index contributed by atoms with van der Waals surface area (Å²) in [5.74, 6) is -0.630. The highest BCUT2D eigenvalue weighted by atomic mass is 16.4. The average molecular weight is 283 g/mol. The number of carboxylic acids is 1. The first kappa shape index (κ1) is 12.8. The maximum Gasteiger partial charge on any atom is 0.335 e. The van der Waals surface area contributed by atoms with Crippen LogP contribution in [0.3, 0.4) is 0 Å². The molecule has 0 amide bonds. The summed E-state index contributed by atoms with van der Waals surface area (Å²) in [6, 6.07) is 9.52. The van der Waals surface area contributed by atoms with Crippen molar-refractivity contribution in [1.29, 1.82) is 0 Å². The SMILES string of the molecule is O=Cc1nnn(-c2cccc(C(=O)O)c2)c1-c1ccco1. The Morgan fingerprint density at radius 3 is 2.81 bits per heavy atom. The molecule has 7 heteroatoms. The number of hydrogen-bond acceptors (Lipinski definition) is 5. The number of hydrogen-bond donors (Lipinski definition) is 1. The van der Waals surface area contributed by atoms with Gasteiger partial charge in [0.25, 0.3) is 0 Å². The second-order valence-corrected chi connectivity index (χ2v) is 4.19. The molecule has 0 aliphatic rings. The van der Waals surface area contributed by atoms with Gasteiger partial charge in [0.05, 0.1) is 17.5 Å². The number of nitrogens with zero attached hydrogens (tertiary/aromatic N) is 3. The zero-order valence-electron chi connectivity index (χ0n) is 10.6. The van der Waals surface area contributed by atoms with Crippen LogP contribution in [0, 0.1) is 0 Å². The molecule has 104 valence electrons. The van der Waals surface area contributed by atoms with E-state index in [0.29, 0.717) is 23.4 Å². The van der Waals surface area contributed by atoms with Gasteiger partial charge < -0.3 is 9.52 Å². The Morgan fingerprint density at radius 1 is 1.29 bits per heavy atom. The third-order valence-electron chi connectivity index (χ3n) is 2.90. The van der Waals surface area contributed by atoms with E-state index >= 15 is 0 Å². The van der Waals surface area contributed by atoms with Crippen LogP contribution in [0.2, 0.25) is 0 Å². The summed E-state index contributed by atoms with van der Waals surface area (Å²) in [6.45, 7) is 0. The van der Waals surface area contributed by atoms with Crippen LogP contribution in [0.4, 0.5) is 0 Å². The van der Waals surface area contributed by atoms with E-state index in [-0.39, 0.29) is 11.3 Å². The lowest BCUT2D eigenvalue weighted by Gasteiger charge is -2.05. The van der Waals surface area contributed by atoms with Crippen molar-refractivity contribution in [2.24, 2.45) is 0 Å². The number of furan rings is 1. The molecule has 0 bridgehead atoms. The van der Waals surface area contributed by atoms with Crippen LogP contribution in [0.5, 0.6) is 0 Å². The lowest BCUT2D eigenvalue weighted by atomic mass is 10.2. The van der Waals surface area contributed by atoms with Gasteiger partial charge in [-0.25, -0.2) is 9.48 Å². The Bertz CT molecular complexity index is 806. The van der Waals surface area contributed by atoms with Crippen LogP contribution in [0.15, 0.2) is 47.1 Å². The average Bonchev–Trinajstić information content (AvgIpc) is 3.15. The fourth-order valence-electron chi connectivity index (χ4n) is 1.97. The zero-order valence-corrected chi connectivity index (χ0v) is 10.6. The van der Waals surface area contributed by atoms with Gasteiger partial charge in [-0.3, -0.25) is 4.79 Å². The molecule has 21 heavy (non-hydrogen) atoms. The summed E-state index contributed by atoms with van der Waals surface area (Å²) in [6.07, 6.45) is 2.04. The van der Waals surface area contributed by atoms with Gasteiger partial charge in [0.2, 0.25) is 0 Å². The van der Waals surface area contributed by atoms with Crippen molar-refractivity contribution in [1.82, 2.24) is 15.0 Å². The van der Waals surface area contributed by atoms with Gasteiger partial charge in [0, 0.05) is 0 Å². The predicted molar refractivity (Wildman–Crippen MR) is 71.4 cm³/mol.